The molecule has 0 saturated carbocycles. The molecular formula is C22H19FN2O. The minimum atomic E-state index is -1.61. The number of benzene rings is 3. The Morgan fingerprint density at radius 1 is 0.962 bits per heavy atom. The molecule has 1 heterocycles. The van der Waals surface area contributed by atoms with Crippen LogP contribution in [0.25, 0.3) is 16.6 Å². The summed E-state index contributed by atoms with van der Waals surface area (Å²) in [7, 11) is 0. The quantitative estimate of drug-likeness (QED) is 0.568. The van der Waals surface area contributed by atoms with E-state index >= 15 is 4.39 Å². The van der Waals surface area contributed by atoms with Crippen LogP contribution >= 0.6 is 0 Å². The SMILES string of the molecule is CC(O)(c1ccccc1)C(F)c1ccc2c(cnn2-c2ccccc2)c1. The molecule has 0 radical (unpaired) electrons. The molecule has 130 valence electrons. The van der Waals surface area contributed by atoms with E-state index in [9.17, 15) is 5.11 Å². The van der Waals surface area contributed by atoms with E-state index in [0.29, 0.717) is 11.1 Å². The van der Waals surface area contributed by atoms with Gasteiger partial charge in [0, 0.05) is 5.39 Å². The monoisotopic (exact) mass is 346 g/mol. The minimum Gasteiger partial charge on any atom is -0.382 e. The summed E-state index contributed by atoms with van der Waals surface area (Å²) in [6, 6.07) is 24.0. The molecule has 0 bridgehead atoms. The lowest BCUT2D eigenvalue weighted by atomic mass is 9.87. The van der Waals surface area contributed by atoms with Crippen LogP contribution in [0, 0.1) is 0 Å². The first-order chi connectivity index (χ1) is 12.6. The van der Waals surface area contributed by atoms with Crippen molar-refractivity contribution in [3.05, 3.63) is 96.2 Å². The number of aliphatic hydroxyl groups is 1. The molecule has 1 aromatic heterocycles. The van der Waals surface area contributed by atoms with Crippen LogP contribution in [0.1, 0.15) is 24.2 Å². The molecule has 4 aromatic rings. The Hall–Kier alpha value is -2.98. The van der Waals surface area contributed by atoms with Gasteiger partial charge in [-0.1, -0.05) is 54.6 Å². The second-order valence-electron chi connectivity index (χ2n) is 6.59. The van der Waals surface area contributed by atoms with Gasteiger partial charge in [0.2, 0.25) is 0 Å². The average Bonchev–Trinajstić information content (AvgIpc) is 3.12. The molecule has 3 nitrogen and oxygen atoms in total. The van der Waals surface area contributed by atoms with E-state index in [2.05, 4.69) is 5.10 Å². The number of fused-ring (bicyclic) bond motifs is 1. The molecule has 0 aliphatic carbocycles. The zero-order valence-electron chi connectivity index (χ0n) is 14.4. The van der Waals surface area contributed by atoms with Gasteiger partial charge in [-0.2, -0.15) is 5.10 Å². The summed E-state index contributed by atoms with van der Waals surface area (Å²) in [6.07, 6.45) is 0.171. The van der Waals surface area contributed by atoms with Crippen molar-refractivity contribution in [2.75, 3.05) is 0 Å². The number of hydrogen-bond donors (Lipinski definition) is 1. The third kappa shape index (κ3) is 2.78. The Labute approximate surface area is 151 Å². The van der Waals surface area contributed by atoms with Gasteiger partial charge in [0.15, 0.2) is 6.17 Å². The smallest absolute Gasteiger partial charge is 0.158 e. The van der Waals surface area contributed by atoms with Crippen molar-refractivity contribution in [1.29, 1.82) is 0 Å². The third-order valence-electron chi connectivity index (χ3n) is 4.74. The molecule has 3 aromatic carbocycles. The Balaban J connectivity index is 1.72. The van der Waals surface area contributed by atoms with Gasteiger partial charge in [-0.25, -0.2) is 9.07 Å². The summed E-state index contributed by atoms with van der Waals surface area (Å²) in [6.45, 7) is 1.50. The van der Waals surface area contributed by atoms with Crippen molar-refractivity contribution in [1.82, 2.24) is 9.78 Å². The number of hydrogen-bond acceptors (Lipinski definition) is 2. The Bertz CT molecular complexity index is 1030. The van der Waals surface area contributed by atoms with Crippen molar-refractivity contribution in [2.45, 2.75) is 18.7 Å². The molecule has 4 heteroatoms. The fraction of sp³-hybridized carbons (Fsp3) is 0.136. The molecule has 26 heavy (non-hydrogen) atoms. The molecule has 0 aliphatic heterocycles. The van der Waals surface area contributed by atoms with Crippen molar-refractivity contribution >= 4 is 10.9 Å². The standard InChI is InChI=1S/C22H19FN2O/c1-22(26,18-8-4-2-5-9-18)21(23)16-12-13-20-17(14-16)15-24-25(20)19-10-6-3-7-11-19/h2-15,21,26H,1H3. The van der Waals surface area contributed by atoms with E-state index in [0.717, 1.165) is 16.6 Å². The van der Waals surface area contributed by atoms with Crippen molar-refractivity contribution in [2.24, 2.45) is 0 Å². The molecule has 4 rings (SSSR count). The molecule has 0 saturated heterocycles. The van der Waals surface area contributed by atoms with Crippen LogP contribution < -0.4 is 0 Å². The lowest BCUT2D eigenvalue weighted by Crippen LogP contribution is -2.27. The summed E-state index contributed by atoms with van der Waals surface area (Å²) in [5, 5.41) is 16.0. The van der Waals surface area contributed by atoms with Crippen molar-refractivity contribution in [3.63, 3.8) is 0 Å². The van der Waals surface area contributed by atoms with E-state index in [1.807, 2.05) is 47.1 Å². The van der Waals surface area contributed by atoms with Crippen molar-refractivity contribution < 1.29 is 9.50 Å². The zero-order valence-corrected chi connectivity index (χ0v) is 14.4. The van der Waals surface area contributed by atoms with Crippen LogP contribution in [-0.4, -0.2) is 14.9 Å². The van der Waals surface area contributed by atoms with E-state index in [-0.39, 0.29) is 0 Å². The van der Waals surface area contributed by atoms with Gasteiger partial charge in [-0.3, -0.25) is 0 Å². The highest BCUT2D eigenvalue weighted by Gasteiger charge is 2.35. The largest absolute Gasteiger partial charge is 0.382 e. The first-order valence-electron chi connectivity index (χ1n) is 8.52. The Morgan fingerprint density at radius 3 is 2.31 bits per heavy atom. The minimum absolute atomic E-state index is 0.430. The predicted molar refractivity (Wildman–Crippen MR) is 101 cm³/mol. The van der Waals surface area contributed by atoms with Crippen LogP contribution in [0.5, 0.6) is 0 Å². The first kappa shape index (κ1) is 16.5. The number of nitrogens with zero attached hydrogens (tertiary/aromatic N) is 2. The molecule has 0 spiro atoms. The van der Waals surface area contributed by atoms with Crippen LogP contribution in [0.4, 0.5) is 4.39 Å². The second kappa shape index (κ2) is 6.39. The van der Waals surface area contributed by atoms with Gasteiger partial charge in [-0.15, -0.1) is 0 Å². The third-order valence-corrected chi connectivity index (χ3v) is 4.74. The molecule has 2 atom stereocenters. The summed E-state index contributed by atoms with van der Waals surface area (Å²) in [5.41, 5.74) is 1.21. The number of rotatable bonds is 4. The summed E-state index contributed by atoms with van der Waals surface area (Å²) >= 11 is 0. The van der Waals surface area contributed by atoms with Crippen molar-refractivity contribution in [3.8, 4) is 5.69 Å². The maximum atomic E-state index is 15.2. The van der Waals surface area contributed by atoms with Crippen LogP contribution in [-0.2, 0) is 5.60 Å². The van der Waals surface area contributed by atoms with Gasteiger partial charge in [0.25, 0.3) is 0 Å². The normalized spacial score (nSPS) is 14.9. The van der Waals surface area contributed by atoms with E-state index < -0.39 is 11.8 Å². The maximum absolute atomic E-state index is 15.2. The van der Waals surface area contributed by atoms with E-state index in [4.69, 9.17) is 0 Å². The van der Waals surface area contributed by atoms with Gasteiger partial charge in [0.1, 0.15) is 5.60 Å². The Morgan fingerprint density at radius 2 is 1.62 bits per heavy atom. The Kier molecular flexibility index (Phi) is 4.05. The molecule has 0 fully saturated rings. The number of aromatic nitrogens is 2. The fourth-order valence-electron chi connectivity index (χ4n) is 3.23. The first-order valence-corrected chi connectivity index (χ1v) is 8.52. The molecule has 0 amide bonds. The second-order valence-corrected chi connectivity index (χ2v) is 6.59. The lowest BCUT2D eigenvalue weighted by molar-refractivity contribution is -0.0259. The van der Waals surface area contributed by atoms with Gasteiger partial charge >= 0.3 is 0 Å². The number of alkyl halides is 1. The lowest BCUT2D eigenvalue weighted by Gasteiger charge is -2.28. The summed E-state index contributed by atoms with van der Waals surface area (Å²) in [4.78, 5) is 0. The van der Waals surface area contributed by atoms with E-state index in [1.165, 1.54) is 6.92 Å². The molecule has 1 N–H and O–H groups in total. The average molecular weight is 346 g/mol. The van der Waals surface area contributed by atoms with Crippen LogP contribution in [0.15, 0.2) is 85.1 Å². The molecular weight excluding hydrogens is 327 g/mol. The topological polar surface area (TPSA) is 38.1 Å². The highest BCUT2D eigenvalue weighted by atomic mass is 19.1. The predicted octanol–water partition coefficient (Wildman–Crippen LogP) is 4.94. The highest BCUT2D eigenvalue weighted by molar-refractivity contribution is 5.81. The highest BCUT2D eigenvalue weighted by Crippen LogP contribution is 2.38. The van der Waals surface area contributed by atoms with Crippen LogP contribution in [0.2, 0.25) is 0 Å². The maximum Gasteiger partial charge on any atom is 0.158 e. The fourth-order valence-corrected chi connectivity index (χ4v) is 3.23. The summed E-state index contributed by atoms with van der Waals surface area (Å²) in [5.74, 6) is 0. The molecule has 2 unspecified atom stereocenters. The summed E-state index contributed by atoms with van der Waals surface area (Å²) < 4.78 is 17.0. The van der Waals surface area contributed by atoms with E-state index in [1.54, 1.807) is 42.6 Å². The van der Waals surface area contributed by atoms with Gasteiger partial charge < -0.3 is 5.11 Å². The van der Waals surface area contributed by atoms with Gasteiger partial charge in [-0.05, 0) is 42.3 Å². The van der Waals surface area contributed by atoms with Crippen LogP contribution in [0.3, 0.4) is 0 Å². The number of halogens is 1. The van der Waals surface area contributed by atoms with Gasteiger partial charge in [0.05, 0.1) is 17.4 Å². The zero-order chi connectivity index (χ0) is 18.1. The molecule has 0 aliphatic rings. The number of para-hydroxylation sites is 1.